The Morgan fingerprint density at radius 1 is 1.25 bits per heavy atom. The third-order valence-corrected chi connectivity index (χ3v) is 2.02. The molecule has 16 heavy (non-hydrogen) atoms. The van der Waals surface area contributed by atoms with Gasteiger partial charge in [-0.05, 0) is 25.8 Å². The third-order valence-electron chi connectivity index (χ3n) is 2.02. The molecule has 2 heteroatoms. The largest absolute Gasteiger partial charge is 0.458 e. The first-order valence-electron chi connectivity index (χ1n) is 5.82. The van der Waals surface area contributed by atoms with Crippen molar-refractivity contribution >= 4 is 5.97 Å². The fourth-order valence-corrected chi connectivity index (χ4v) is 1.07. The molecular formula is C14H22O2. The quantitative estimate of drug-likeness (QED) is 0.270. The number of ether oxygens (including phenoxy) is 1. The Balaban J connectivity index is 3.47. The molecule has 0 aliphatic carbocycles. The predicted octanol–water partition coefficient (Wildman–Crippen LogP) is 3.80. The highest BCUT2D eigenvalue weighted by atomic mass is 16.5. The lowest BCUT2D eigenvalue weighted by molar-refractivity contribution is -0.137. The van der Waals surface area contributed by atoms with Gasteiger partial charge < -0.3 is 4.74 Å². The second-order valence-electron chi connectivity index (χ2n) is 3.73. The first kappa shape index (κ1) is 14.7. The molecule has 0 atom stereocenters. The minimum atomic E-state index is -0.337. The summed E-state index contributed by atoms with van der Waals surface area (Å²) in [7, 11) is 0. The lowest BCUT2D eigenvalue weighted by Crippen LogP contribution is -2.04. The summed E-state index contributed by atoms with van der Waals surface area (Å²) in [4.78, 5) is 11.0. The van der Waals surface area contributed by atoms with Crippen LogP contribution in [-0.2, 0) is 9.53 Å². The summed E-state index contributed by atoms with van der Waals surface area (Å²) in [5.41, 5.74) is 0.434. The van der Waals surface area contributed by atoms with Crippen molar-refractivity contribution in [2.24, 2.45) is 0 Å². The predicted molar refractivity (Wildman–Crippen MR) is 68.2 cm³/mol. The van der Waals surface area contributed by atoms with Crippen LogP contribution in [0.4, 0.5) is 0 Å². The zero-order valence-corrected chi connectivity index (χ0v) is 10.4. The van der Waals surface area contributed by atoms with E-state index in [0.717, 1.165) is 6.42 Å². The molecule has 0 aliphatic rings. The molecule has 0 radical (unpaired) electrons. The smallest absolute Gasteiger partial charge is 0.333 e. The summed E-state index contributed by atoms with van der Waals surface area (Å²) < 4.78 is 4.89. The fraction of sp³-hybridized carbons (Fsp3) is 0.500. The van der Waals surface area contributed by atoms with Gasteiger partial charge in [-0.15, -0.1) is 0 Å². The van der Waals surface area contributed by atoms with Gasteiger partial charge in [0.2, 0.25) is 0 Å². The average Bonchev–Trinajstić information content (AvgIpc) is 2.26. The second kappa shape index (κ2) is 10.2. The Morgan fingerprint density at radius 2 is 1.94 bits per heavy atom. The van der Waals surface area contributed by atoms with Crippen molar-refractivity contribution in [2.45, 2.75) is 39.5 Å². The maximum atomic E-state index is 11.0. The number of esters is 1. The van der Waals surface area contributed by atoms with Crippen molar-refractivity contribution in [1.82, 2.24) is 0 Å². The Morgan fingerprint density at radius 3 is 2.56 bits per heavy atom. The molecule has 90 valence electrons. The van der Waals surface area contributed by atoms with E-state index in [1.165, 1.54) is 19.3 Å². The number of carbonyl (C=O) groups is 1. The van der Waals surface area contributed by atoms with Gasteiger partial charge in [0.15, 0.2) is 0 Å². The molecule has 0 heterocycles. The number of allylic oxidation sites excluding steroid dienone is 3. The van der Waals surface area contributed by atoms with Crippen molar-refractivity contribution in [3.63, 3.8) is 0 Å². The highest BCUT2D eigenvalue weighted by Gasteiger charge is 1.99. The van der Waals surface area contributed by atoms with Crippen molar-refractivity contribution in [2.75, 3.05) is 6.61 Å². The molecule has 0 amide bonds. The Kier molecular flexibility index (Phi) is 9.38. The molecule has 2 nitrogen and oxygen atoms in total. The summed E-state index contributed by atoms with van der Waals surface area (Å²) in [5.74, 6) is -0.337. The number of rotatable bonds is 8. The SMILES string of the molecule is C=C(C)C(=O)OCC=CC=CCCCCC. The number of hydrogen-bond acceptors (Lipinski definition) is 2. The van der Waals surface area contributed by atoms with E-state index in [4.69, 9.17) is 4.74 Å². The van der Waals surface area contributed by atoms with E-state index < -0.39 is 0 Å². The molecule has 0 saturated carbocycles. The lowest BCUT2D eigenvalue weighted by Gasteiger charge is -1.98. The van der Waals surface area contributed by atoms with E-state index >= 15 is 0 Å². The van der Waals surface area contributed by atoms with Crippen LogP contribution in [0.25, 0.3) is 0 Å². The molecule has 0 unspecified atom stereocenters. The maximum absolute atomic E-state index is 11.0. The normalized spacial score (nSPS) is 11.1. The van der Waals surface area contributed by atoms with E-state index in [9.17, 15) is 4.79 Å². The summed E-state index contributed by atoms with van der Waals surface area (Å²) in [6, 6.07) is 0. The van der Waals surface area contributed by atoms with Gasteiger partial charge in [0.25, 0.3) is 0 Å². The van der Waals surface area contributed by atoms with Crippen molar-refractivity contribution in [3.8, 4) is 0 Å². The summed E-state index contributed by atoms with van der Waals surface area (Å²) >= 11 is 0. The van der Waals surface area contributed by atoms with E-state index in [0.29, 0.717) is 12.2 Å². The van der Waals surface area contributed by atoms with Crippen molar-refractivity contribution in [3.05, 3.63) is 36.5 Å². The van der Waals surface area contributed by atoms with Gasteiger partial charge >= 0.3 is 5.97 Å². The van der Waals surface area contributed by atoms with Gasteiger partial charge in [-0.25, -0.2) is 4.79 Å². The minimum absolute atomic E-state index is 0.311. The number of hydrogen-bond donors (Lipinski definition) is 0. The van der Waals surface area contributed by atoms with Crippen molar-refractivity contribution < 1.29 is 9.53 Å². The van der Waals surface area contributed by atoms with Crippen LogP contribution in [-0.4, -0.2) is 12.6 Å². The van der Waals surface area contributed by atoms with Crippen LogP contribution in [0.5, 0.6) is 0 Å². The van der Waals surface area contributed by atoms with Gasteiger partial charge in [0, 0.05) is 5.57 Å². The van der Waals surface area contributed by atoms with Gasteiger partial charge in [0.1, 0.15) is 6.61 Å². The van der Waals surface area contributed by atoms with E-state index in [2.05, 4.69) is 19.6 Å². The van der Waals surface area contributed by atoms with E-state index in [1.54, 1.807) is 6.92 Å². The Bertz CT molecular complexity index is 262. The standard InChI is InChI=1S/C14H22O2/c1-4-5-6-7-8-9-10-11-12-16-14(15)13(2)3/h8-11H,2,4-7,12H2,1,3H3. The molecule has 0 fully saturated rings. The third kappa shape index (κ3) is 9.25. The molecular weight excluding hydrogens is 200 g/mol. The van der Waals surface area contributed by atoms with Crippen LogP contribution < -0.4 is 0 Å². The molecule has 0 aromatic heterocycles. The van der Waals surface area contributed by atoms with Crippen LogP contribution in [0, 0.1) is 0 Å². The summed E-state index contributed by atoms with van der Waals surface area (Å²) in [6.07, 6.45) is 12.7. The summed E-state index contributed by atoms with van der Waals surface area (Å²) in [6.45, 7) is 7.64. The molecule has 0 spiro atoms. The van der Waals surface area contributed by atoms with Gasteiger partial charge in [-0.2, -0.15) is 0 Å². The fourth-order valence-electron chi connectivity index (χ4n) is 1.07. The summed E-state index contributed by atoms with van der Waals surface area (Å²) in [5, 5.41) is 0. The highest BCUT2D eigenvalue weighted by molar-refractivity contribution is 5.86. The van der Waals surface area contributed by atoms with Crippen LogP contribution in [0.2, 0.25) is 0 Å². The van der Waals surface area contributed by atoms with Crippen LogP contribution in [0.3, 0.4) is 0 Å². The molecule has 0 aromatic carbocycles. The molecule has 0 aromatic rings. The van der Waals surface area contributed by atoms with Crippen LogP contribution in [0.15, 0.2) is 36.5 Å². The molecule has 0 rings (SSSR count). The van der Waals surface area contributed by atoms with Crippen LogP contribution >= 0.6 is 0 Å². The minimum Gasteiger partial charge on any atom is -0.458 e. The van der Waals surface area contributed by atoms with Crippen molar-refractivity contribution in [1.29, 1.82) is 0 Å². The zero-order valence-electron chi connectivity index (χ0n) is 10.4. The zero-order chi connectivity index (χ0) is 12.2. The average molecular weight is 222 g/mol. The number of carbonyl (C=O) groups excluding carboxylic acids is 1. The Labute approximate surface area is 98.7 Å². The van der Waals surface area contributed by atoms with E-state index in [-0.39, 0.29) is 5.97 Å². The first-order valence-corrected chi connectivity index (χ1v) is 5.82. The molecule has 0 bridgehead atoms. The van der Waals surface area contributed by atoms with Gasteiger partial charge in [-0.1, -0.05) is 44.6 Å². The molecule has 0 N–H and O–H groups in total. The molecule has 0 saturated heterocycles. The first-order chi connectivity index (χ1) is 7.68. The maximum Gasteiger partial charge on any atom is 0.333 e. The van der Waals surface area contributed by atoms with Gasteiger partial charge in [0.05, 0.1) is 0 Å². The lowest BCUT2D eigenvalue weighted by atomic mass is 10.2. The van der Waals surface area contributed by atoms with E-state index in [1.807, 2.05) is 18.2 Å². The topological polar surface area (TPSA) is 26.3 Å². The van der Waals surface area contributed by atoms with Gasteiger partial charge in [-0.3, -0.25) is 0 Å². The Hall–Kier alpha value is -1.31. The molecule has 0 aliphatic heterocycles. The highest BCUT2D eigenvalue weighted by Crippen LogP contribution is 1.99. The van der Waals surface area contributed by atoms with Crippen LogP contribution in [0.1, 0.15) is 39.5 Å². The monoisotopic (exact) mass is 222 g/mol. The second-order valence-corrected chi connectivity index (χ2v) is 3.73. The number of unbranched alkanes of at least 4 members (excludes halogenated alkanes) is 3.